The first-order chi connectivity index (χ1) is 13.1. The number of nitrogens with zero attached hydrogens (tertiary/aromatic N) is 3. The van der Waals surface area contributed by atoms with Gasteiger partial charge in [-0.3, -0.25) is 14.4 Å². The maximum absolute atomic E-state index is 12.3. The molecule has 2 aromatic rings. The summed E-state index contributed by atoms with van der Waals surface area (Å²) in [6.45, 7) is 4.67. The fourth-order valence-corrected chi connectivity index (χ4v) is 5.37. The molecular weight excluding hydrogens is 400 g/mol. The third-order valence-electron chi connectivity index (χ3n) is 5.00. The Morgan fingerprint density at radius 3 is 2.61 bits per heavy atom. The van der Waals surface area contributed by atoms with E-state index >= 15 is 0 Å². The van der Waals surface area contributed by atoms with Crippen LogP contribution in [0, 0.1) is 13.8 Å². The van der Waals surface area contributed by atoms with Gasteiger partial charge in [-0.15, -0.1) is 0 Å². The summed E-state index contributed by atoms with van der Waals surface area (Å²) in [6, 6.07) is 6.87. The smallest absolute Gasteiger partial charge is 0.238 e. The molecule has 28 heavy (non-hydrogen) atoms. The maximum atomic E-state index is 12.3. The van der Waals surface area contributed by atoms with Crippen LogP contribution < -0.4 is 5.32 Å². The minimum atomic E-state index is -2.97. The highest BCUT2D eigenvalue weighted by molar-refractivity contribution is 7.91. The second kappa shape index (κ2) is 8.23. The van der Waals surface area contributed by atoms with Crippen LogP contribution >= 0.6 is 11.6 Å². The summed E-state index contributed by atoms with van der Waals surface area (Å²) in [4.78, 5) is 14.2. The van der Waals surface area contributed by atoms with Crippen LogP contribution in [0.4, 0.5) is 5.69 Å². The first-order valence-corrected chi connectivity index (χ1v) is 11.3. The van der Waals surface area contributed by atoms with Gasteiger partial charge in [0.25, 0.3) is 0 Å². The molecule has 0 aliphatic carbocycles. The van der Waals surface area contributed by atoms with Gasteiger partial charge >= 0.3 is 0 Å². The number of halogens is 1. The number of hydrogen-bond acceptors (Lipinski definition) is 5. The van der Waals surface area contributed by atoms with E-state index in [0.29, 0.717) is 23.7 Å². The predicted molar refractivity (Wildman–Crippen MR) is 110 cm³/mol. The average Bonchev–Trinajstić information content (AvgIpc) is 3.10. The number of rotatable bonds is 6. The molecule has 1 N–H and O–H groups in total. The van der Waals surface area contributed by atoms with Crippen molar-refractivity contribution in [2.24, 2.45) is 0 Å². The van der Waals surface area contributed by atoms with E-state index in [4.69, 9.17) is 11.6 Å². The first-order valence-electron chi connectivity index (χ1n) is 9.13. The highest BCUT2D eigenvalue weighted by Gasteiger charge is 2.31. The number of nitrogens with one attached hydrogen (secondary N) is 1. The predicted octanol–water partition coefficient (Wildman–Crippen LogP) is 2.58. The summed E-state index contributed by atoms with van der Waals surface area (Å²) in [5.41, 5.74) is 3.56. The van der Waals surface area contributed by atoms with Gasteiger partial charge < -0.3 is 5.32 Å². The van der Waals surface area contributed by atoms with Crippen LogP contribution in [0.5, 0.6) is 0 Å². The van der Waals surface area contributed by atoms with Crippen molar-refractivity contribution < 1.29 is 13.2 Å². The number of hydrogen-bond donors (Lipinski definition) is 1. The zero-order valence-electron chi connectivity index (χ0n) is 16.3. The second-order valence-corrected chi connectivity index (χ2v) is 10.0. The zero-order chi connectivity index (χ0) is 20.5. The summed E-state index contributed by atoms with van der Waals surface area (Å²) >= 11 is 5.85. The van der Waals surface area contributed by atoms with E-state index in [1.54, 1.807) is 24.3 Å². The van der Waals surface area contributed by atoms with Gasteiger partial charge in [-0.1, -0.05) is 11.6 Å². The molecule has 7 nitrogen and oxygen atoms in total. The summed E-state index contributed by atoms with van der Waals surface area (Å²) in [5.74, 6) is 0.249. The Morgan fingerprint density at radius 2 is 2.00 bits per heavy atom. The number of carbonyl (C=O) groups excluding carboxylic acids is 1. The molecule has 1 saturated heterocycles. The molecule has 1 aromatic heterocycles. The highest BCUT2D eigenvalue weighted by Crippen LogP contribution is 2.27. The van der Waals surface area contributed by atoms with Crippen molar-refractivity contribution in [3.63, 3.8) is 0 Å². The first kappa shape index (κ1) is 20.8. The Balaban J connectivity index is 1.63. The fraction of sp³-hybridized carbons (Fsp3) is 0.474. The van der Waals surface area contributed by atoms with Crippen molar-refractivity contribution in [1.29, 1.82) is 0 Å². The van der Waals surface area contributed by atoms with Gasteiger partial charge in [0.1, 0.15) is 0 Å². The third-order valence-corrected chi connectivity index (χ3v) is 7.00. The lowest BCUT2D eigenvalue weighted by Gasteiger charge is -2.17. The molecule has 0 spiro atoms. The number of carbonyl (C=O) groups is 1. The van der Waals surface area contributed by atoms with Crippen molar-refractivity contribution in [3.05, 3.63) is 46.2 Å². The Kier molecular flexibility index (Phi) is 6.12. The SMILES string of the molecule is Cc1nn([C@H]2CCS(=O)(=O)C2)c(C)c1CN(C)CC(=O)Nc1ccc(Cl)cc1. The molecule has 1 fully saturated rings. The van der Waals surface area contributed by atoms with E-state index in [1.807, 2.05) is 30.5 Å². The second-order valence-electron chi connectivity index (χ2n) is 7.38. The van der Waals surface area contributed by atoms with E-state index in [1.165, 1.54) is 0 Å². The molecule has 2 heterocycles. The van der Waals surface area contributed by atoms with Crippen LogP contribution in [0.25, 0.3) is 0 Å². The average molecular weight is 425 g/mol. The van der Waals surface area contributed by atoms with Crippen LogP contribution in [0.2, 0.25) is 5.02 Å². The van der Waals surface area contributed by atoms with Crippen LogP contribution in [0.3, 0.4) is 0 Å². The fourth-order valence-electron chi connectivity index (χ4n) is 3.55. The lowest BCUT2D eigenvalue weighted by atomic mass is 10.1. The van der Waals surface area contributed by atoms with E-state index in [0.717, 1.165) is 17.0 Å². The molecule has 0 saturated carbocycles. The number of aryl methyl sites for hydroxylation is 1. The molecular formula is C19H25ClN4O3S. The standard InChI is InChI=1S/C19H25ClN4O3S/c1-13-18(14(2)24(22-13)17-8-9-28(26,27)12-17)10-23(3)11-19(25)21-16-6-4-15(20)5-7-16/h4-7,17H,8-12H2,1-3H3,(H,21,25)/t17-/m0/s1. The number of aromatic nitrogens is 2. The number of sulfone groups is 1. The van der Waals surface area contributed by atoms with Gasteiger partial charge in [-0.05, 0) is 51.6 Å². The zero-order valence-corrected chi connectivity index (χ0v) is 17.8. The summed E-state index contributed by atoms with van der Waals surface area (Å²) in [7, 11) is -1.10. The van der Waals surface area contributed by atoms with E-state index in [-0.39, 0.29) is 30.0 Å². The van der Waals surface area contributed by atoms with Gasteiger partial charge in [0, 0.05) is 28.5 Å². The van der Waals surface area contributed by atoms with Crippen molar-refractivity contribution in [2.75, 3.05) is 30.4 Å². The Bertz CT molecular complexity index is 970. The molecule has 1 aromatic carbocycles. The molecule has 3 rings (SSSR count). The number of likely N-dealkylation sites (N-methyl/N-ethyl adjacent to an activating group) is 1. The monoisotopic (exact) mass is 424 g/mol. The van der Waals surface area contributed by atoms with E-state index < -0.39 is 9.84 Å². The lowest BCUT2D eigenvalue weighted by molar-refractivity contribution is -0.117. The molecule has 9 heteroatoms. The topological polar surface area (TPSA) is 84.3 Å². The molecule has 1 atom stereocenters. The minimum Gasteiger partial charge on any atom is -0.325 e. The van der Waals surface area contributed by atoms with Crippen LogP contribution in [0.15, 0.2) is 24.3 Å². The third kappa shape index (κ3) is 4.92. The number of anilines is 1. The Labute approximate surface area is 170 Å². The molecule has 0 radical (unpaired) electrons. The summed E-state index contributed by atoms with van der Waals surface area (Å²) in [6.07, 6.45) is 0.600. The highest BCUT2D eigenvalue weighted by atomic mass is 35.5. The largest absolute Gasteiger partial charge is 0.325 e. The van der Waals surface area contributed by atoms with Gasteiger partial charge in [-0.2, -0.15) is 5.10 Å². The van der Waals surface area contributed by atoms with Gasteiger partial charge in [-0.25, -0.2) is 8.42 Å². The van der Waals surface area contributed by atoms with Crippen LogP contribution in [0.1, 0.15) is 29.4 Å². The van der Waals surface area contributed by atoms with Crippen LogP contribution in [-0.4, -0.2) is 54.1 Å². The van der Waals surface area contributed by atoms with Crippen molar-refractivity contribution >= 4 is 33.0 Å². The molecule has 0 unspecified atom stereocenters. The van der Waals surface area contributed by atoms with Gasteiger partial charge in [0.05, 0.1) is 29.8 Å². The summed E-state index contributed by atoms with van der Waals surface area (Å²) in [5, 5.41) is 8.04. The summed E-state index contributed by atoms with van der Waals surface area (Å²) < 4.78 is 25.4. The number of amides is 1. The van der Waals surface area contributed by atoms with Gasteiger partial charge in [0.15, 0.2) is 9.84 Å². The van der Waals surface area contributed by atoms with Crippen molar-refractivity contribution in [1.82, 2.24) is 14.7 Å². The van der Waals surface area contributed by atoms with Crippen molar-refractivity contribution in [2.45, 2.75) is 32.9 Å². The molecule has 0 bridgehead atoms. The lowest BCUT2D eigenvalue weighted by Crippen LogP contribution is -2.30. The molecule has 1 aliphatic rings. The van der Waals surface area contributed by atoms with Gasteiger partial charge in [0.2, 0.25) is 5.91 Å². The molecule has 152 valence electrons. The molecule has 1 amide bonds. The normalized spacial score (nSPS) is 18.5. The van der Waals surface area contributed by atoms with Crippen LogP contribution in [-0.2, 0) is 21.2 Å². The molecule has 1 aliphatic heterocycles. The van der Waals surface area contributed by atoms with E-state index in [9.17, 15) is 13.2 Å². The quantitative estimate of drug-likeness (QED) is 0.770. The van der Waals surface area contributed by atoms with Crippen molar-refractivity contribution in [3.8, 4) is 0 Å². The Hall–Kier alpha value is -1.90. The van der Waals surface area contributed by atoms with E-state index in [2.05, 4.69) is 10.4 Å². The Morgan fingerprint density at radius 1 is 1.32 bits per heavy atom. The maximum Gasteiger partial charge on any atom is 0.238 e. The number of benzene rings is 1. The minimum absolute atomic E-state index is 0.101.